The number of nitrogens with zero attached hydrogens (tertiary/aromatic N) is 2. The van der Waals surface area contributed by atoms with Gasteiger partial charge in [-0.15, -0.1) is 0 Å². The van der Waals surface area contributed by atoms with Gasteiger partial charge in [0.2, 0.25) is 0 Å². The molecule has 0 bridgehead atoms. The minimum absolute atomic E-state index is 0.555. The summed E-state index contributed by atoms with van der Waals surface area (Å²) >= 11 is 7.07. The fraction of sp³-hybridized carbons (Fsp3) is 0.182. The van der Waals surface area contributed by atoms with Crippen molar-refractivity contribution < 1.29 is 0 Å². The van der Waals surface area contributed by atoms with Gasteiger partial charge in [-0.1, -0.05) is 0 Å². The largest absolute Gasteiger partial charge is 0.382 e. The number of rotatable bonds is 1. The molecule has 0 aliphatic rings. The van der Waals surface area contributed by atoms with Gasteiger partial charge < -0.3 is 5.73 Å². The number of anilines is 1. The van der Waals surface area contributed by atoms with E-state index in [0.29, 0.717) is 5.82 Å². The van der Waals surface area contributed by atoms with E-state index in [1.54, 1.807) is 4.68 Å². The van der Waals surface area contributed by atoms with Gasteiger partial charge in [0.1, 0.15) is 5.82 Å². The normalized spacial score (nSPS) is 10.8. The van der Waals surface area contributed by atoms with Crippen LogP contribution in [0.3, 0.4) is 0 Å². The zero-order valence-corrected chi connectivity index (χ0v) is 12.1. The molecule has 5 heteroatoms. The Morgan fingerprint density at radius 3 is 2.19 bits per heavy atom. The van der Waals surface area contributed by atoms with E-state index in [1.165, 1.54) is 5.56 Å². The van der Waals surface area contributed by atoms with Gasteiger partial charge in [0.05, 0.1) is 5.69 Å². The summed E-state index contributed by atoms with van der Waals surface area (Å²) in [5, 5.41) is 4.27. The molecule has 0 saturated heterocycles. The lowest BCUT2D eigenvalue weighted by Crippen LogP contribution is -1.99. The van der Waals surface area contributed by atoms with Crippen LogP contribution >= 0.6 is 31.9 Å². The van der Waals surface area contributed by atoms with Gasteiger partial charge in [-0.3, -0.25) is 0 Å². The van der Waals surface area contributed by atoms with Crippen molar-refractivity contribution >= 4 is 37.7 Å². The number of benzene rings is 1. The molecule has 0 radical (unpaired) electrons. The summed E-state index contributed by atoms with van der Waals surface area (Å²) in [5.74, 6) is 0.555. The number of nitrogens with two attached hydrogens (primary N) is 1. The summed E-state index contributed by atoms with van der Waals surface area (Å²) in [4.78, 5) is 0. The van der Waals surface area contributed by atoms with Crippen molar-refractivity contribution in [3.63, 3.8) is 0 Å². The van der Waals surface area contributed by atoms with Crippen LogP contribution < -0.4 is 5.73 Å². The first kappa shape index (κ1) is 11.7. The summed E-state index contributed by atoms with van der Waals surface area (Å²) in [5.41, 5.74) is 8.86. The number of nitrogen functional groups attached to an aromatic ring is 1. The quantitative estimate of drug-likeness (QED) is 0.859. The predicted molar refractivity (Wildman–Crippen MR) is 72.9 cm³/mol. The summed E-state index contributed by atoms with van der Waals surface area (Å²) in [6.07, 6.45) is 1.91. The second-order valence-electron chi connectivity index (χ2n) is 3.72. The maximum Gasteiger partial charge on any atom is 0.148 e. The highest BCUT2D eigenvalue weighted by Crippen LogP contribution is 2.31. The Morgan fingerprint density at radius 1 is 1.19 bits per heavy atom. The highest BCUT2D eigenvalue weighted by atomic mass is 79.9. The molecule has 1 aromatic carbocycles. The minimum Gasteiger partial charge on any atom is -0.382 e. The lowest BCUT2D eigenvalue weighted by Gasteiger charge is -2.08. The van der Waals surface area contributed by atoms with E-state index in [0.717, 1.165) is 20.2 Å². The molecule has 0 atom stereocenters. The average molecular weight is 345 g/mol. The van der Waals surface area contributed by atoms with Crippen molar-refractivity contribution in [2.45, 2.75) is 13.8 Å². The van der Waals surface area contributed by atoms with Gasteiger partial charge in [-0.2, -0.15) is 5.10 Å². The number of aryl methyl sites for hydroxylation is 2. The third-order valence-corrected chi connectivity index (χ3v) is 3.53. The highest BCUT2D eigenvalue weighted by molar-refractivity contribution is 9.11. The van der Waals surface area contributed by atoms with E-state index in [-0.39, 0.29) is 0 Å². The Morgan fingerprint density at radius 2 is 1.75 bits per heavy atom. The van der Waals surface area contributed by atoms with Crippen LogP contribution in [0.1, 0.15) is 11.1 Å². The molecule has 0 spiro atoms. The first-order chi connectivity index (χ1) is 7.49. The monoisotopic (exact) mass is 343 g/mol. The van der Waals surface area contributed by atoms with E-state index in [1.807, 2.05) is 32.2 Å². The third kappa shape index (κ3) is 2.01. The lowest BCUT2D eigenvalue weighted by atomic mass is 10.2. The first-order valence-electron chi connectivity index (χ1n) is 4.77. The molecule has 1 aromatic heterocycles. The zero-order chi connectivity index (χ0) is 11.9. The van der Waals surface area contributed by atoms with Gasteiger partial charge >= 0.3 is 0 Å². The van der Waals surface area contributed by atoms with Crippen LogP contribution in [-0.2, 0) is 0 Å². The molecule has 0 fully saturated rings. The summed E-state index contributed by atoms with van der Waals surface area (Å²) in [7, 11) is 0. The van der Waals surface area contributed by atoms with Crippen LogP contribution in [-0.4, -0.2) is 9.78 Å². The Kier molecular flexibility index (Phi) is 3.08. The topological polar surface area (TPSA) is 43.8 Å². The third-order valence-electron chi connectivity index (χ3n) is 2.33. The number of hydrogen-bond acceptors (Lipinski definition) is 2. The summed E-state index contributed by atoms with van der Waals surface area (Å²) in [6, 6.07) is 4.10. The van der Waals surface area contributed by atoms with Gasteiger partial charge in [-0.25, -0.2) is 4.68 Å². The van der Waals surface area contributed by atoms with E-state index in [4.69, 9.17) is 5.73 Å². The molecule has 2 N–H and O–H groups in total. The second-order valence-corrected chi connectivity index (χ2v) is 5.43. The van der Waals surface area contributed by atoms with E-state index < -0.39 is 0 Å². The van der Waals surface area contributed by atoms with Crippen molar-refractivity contribution in [1.82, 2.24) is 9.78 Å². The highest BCUT2D eigenvalue weighted by Gasteiger charge is 2.11. The number of hydrogen-bond donors (Lipinski definition) is 1. The maximum atomic E-state index is 5.75. The molecular weight excluding hydrogens is 334 g/mol. The first-order valence-corrected chi connectivity index (χ1v) is 6.35. The average Bonchev–Trinajstić information content (AvgIpc) is 2.44. The van der Waals surface area contributed by atoms with Gasteiger partial charge in [0.15, 0.2) is 0 Å². The Hall–Kier alpha value is -0.810. The van der Waals surface area contributed by atoms with Gasteiger partial charge in [0.25, 0.3) is 0 Å². The molecule has 16 heavy (non-hydrogen) atoms. The maximum absolute atomic E-state index is 5.75. The Labute approximate surface area is 111 Å². The molecule has 84 valence electrons. The standard InChI is InChI=1S/C11H11Br2N3/c1-6-3-8(12)10(9(13)4-6)16-5-7(2)11(14)15-16/h3-5H,1-2H3,(H2,14,15). The van der Waals surface area contributed by atoms with Gasteiger partial charge in [0, 0.05) is 20.7 Å². The fourth-order valence-electron chi connectivity index (χ4n) is 1.50. The van der Waals surface area contributed by atoms with Crippen LogP contribution in [0.4, 0.5) is 5.82 Å². The smallest absolute Gasteiger partial charge is 0.148 e. The van der Waals surface area contributed by atoms with E-state index in [9.17, 15) is 0 Å². The Bertz CT molecular complexity index is 504. The molecule has 0 aliphatic carbocycles. The van der Waals surface area contributed by atoms with Crippen LogP contribution in [0, 0.1) is 13.8 Å². The van der Waals surface area contributed by atoms with Crippen LogP contribution in [0.15, 0.2) is 27.3 Å². The molecular formula is C11H11Br2N3. The van der Waals surface area contributed by atoms with Gasteiger partial charge in [-0.05, 0) is 63.4 Å². The zero-order valence-electron chi connectivity index (χ0n) is 8.96. The van der Waals surface area contributed by atoms with Crippen molar-refractivity contribution in [2.24, 2.45) is 0 Å². The lowest BCUT2D eigenvalue weighted by molar-refractivity contribution is 0.875. The van der Waals surface area contributed by atoms with Crippen LogP contribution in [0.25, 0.3) is 5.69 Å². The summed E-state index contributed by atoms with van der Waals surface area (Å²) < 4.78 is 3.75. The molecule has 1 heterocycles. The SMILES string of the molecule is Cc1cc(Br)c(-n2cc(C)c(N)n2)c(Br)c1. The number of aromatic nitrogens is 2. The van der Waals surface area contributed by atoms with Crippen LogP contribution in [0.5, 0.6) is 0 Å². The Balaban J connectivity index is 2.64. The molecule has 0 saturated carbocycles. The molecule has 0 amide bonds. The number of halogens is 2. The summed E-state index contributed by atoms with van der Waals surface area (Å²) in [6.45, 7) is 3.98. The second kappa shape index (κ2) is 4.22. The molecule has 2 rings (SSSR count). The molecule has 0 unspecified atom stereocenters. The molecule has 2 aromatic rings. The van der Waals surface area contributed by atoms with Crippen molar-refractivity contribution in [1.29, 1.82) is 0 Å². The van der Waals surface area contributed by atoms with E-state index in [2.05, 4.69) is 37.0 Å². The van der Waals surface area contributed by atoms with E-state index >= 15 is 0 Å². The van der Waals surface area contributed by atoms with Crippen molar-refractivity contribution in [3.05, 3.63) is 38.4 Å². The van der Waals surface area contributed by atoms with Crippen molar-refractivity contribution in [2.75, 3.05) is 5.73 Å². The molecule has 0 aliphatic heterocycles. The minimum atomic E-state index is 0.555. The van der Waals surface area contributed by atoms with Crippen LogP contribution in [0.2, 0.25) is 0 Å². The van der Waals surface area contributed by atoms with Crippen molar-refractivity contribution in [3.8, 4) is 5.69 Å². The predicted octanol–water partition coefficient (Wildman–Crippen LogP) is 3.60. The molecule has 3 nitrogen and oxygen atoms in total. The fourth-order valence-corrected chi connectivity index (χ4v) is 3.28.